The smallest absolute Gasteiger partial charge is 0.253 e. The second-order valence-electron chi connectivity index (χ2n) is 10.6. The number of nitrogens with zero attached hydrogens (tertiary/aromatic N) is 3. The first-order valence-electron chi connectivity index (χ1n) is 13.1. The van der Waals surface area contributed by atoms with E-state index >= 15 is 0 Å². The van der Waals surface area contributed by atoms with E-state index in [4.69, 9.17) is 9.72 Å². The predicted molar refractivity (Wildman–Crippen MR) is 140 cm³/mol. The van der Waals surface area contributed by atoms with Crippen molar-refractivity contribution in [2.75, 3.05) is 38.7 Å². The molecule has 0 radical (unpaired) electrons. The third-order valence-electron chi connectivity index (χ3n) is 8.15. The zero-order chi connectivity index (χ0) is 25.2. The molecular weight excluding hydrogens is 454 g/mol. The van der Waals surface area contributed by atoms with Crippen LogP contribution in [0.2, 0.25) is 0 Å². The van der Waals surface area contributed by atoms with Crippen LogP contribution >= 0.6 is 0 Å². The number of methoxy groups -OCH3 is 1. The summed E-state index contributed by atoms with van der Waals surface area (Å²) in [5.41, 5.74) is 2.13. The topological polar surface area (TPSA) is 86.8 Å². The minimum absolute atomic E-state index is 0.0384. The Balaban J connectivity index is 1.22. The zero-order valence-electron chi connectivity index (χ0n) is 21.5. The zero-order valence-corrected chi connectivity index (χ0v) is 21.5. The van der Waals surface area contributed by atoms with Crippen LogP contribution in [0.15, 0.2) is 36.5 Å². The Morgan fingerprint density at radius 1 is 1.03 bits per heavy atom. The highest BCUT2D eigenvalue weighted by Crippen LogP contribution is 2.39. The lowest BCUT2D eigenvalue weighted by Gasteiger charge is -2.38. The van der Waals surface area contributed by atoms with Crippen molar-refractivity contribution in [1.29, 1.82) is 0 Å². The maximum atomic E-state index is 13.1. The monoisotopic (exact) mass is 491 g/mol. The van der Waals surface area contributed by atoms with Gasteiger partial charge in [0.25, 0.3) is 11.8 Å². The molecule has 192 valence electrons. The maximum absolute atomic E-state index is 13.1. The van der Waals surface area contributed by atoms with Crippen LogP contribution < -0.4 is 20.3 Å². The summed E-state index contributed by atoms with van der Waals surface area (Å²) < 4.78 is 5.39. The van der Waals surface area contributed by atoms with Gasteiger partial charge in [0.05, 0.1) is 12.7 Å². The number of fused-ring (bicyclic) bond motifs is 1. The van der Waals surface area contributed by atoms with E-state index in [1.807, 2.05) is 37.3 Å². The lowest BCUT2D eigenvalue weighted by Crippen LogP contribution is -2.43. The summed E-state index contributed by atoms with van der Waals surface area (Å²) in [5, 5.41) is 6.41. The van der Waals surface area contributed by atoms with Gasteiger partial charge in [-0.05, 0) is 82.8 Å². The van der Waals surface area contributed by atoms with Crippen LogP contribution in [0, 0.1) is 12.8 Å². The first-order valence-corrected chi connectivity index (χ1v) is 13.1. The van der Waals surface area contributed by atoms with Crippen LogP contribution in [0.4, 0.5) is 5.82 Å². The number of amides is 2. The van der Waals surface area contributed by atoms with Gasteiger partial charge in [-0.15, -0.1) is 0 Å². The molecule has 2 aliphatic heterocycles. The van der Waals surface area contributed by atoms with Crippen LogP contribution in [0.5, 0.6) is 5.75 Å². The molecule has 3 heterocycles. The van der Waals surface area contributed by atoms with Gasteiger partial charge < -0.3 is 25.2 Å². The van der Waals surface area contributed by atoms with Crippen LogP contribution in [0.3, 0.4) is 0 Å². The number of pyridine rings is 1. The van der Waals surface area contributed by atoms with E-state index in [-0.39, 0.29) is 23.9 Å². The van der Waals surface area contributed by atoms with Crippen molar-refractivity contribution in [1.82, 2.24) is 20.5 Å². The SMILES string of the molecule is COc1cccc(C(=O)NC2CC3CCCN(c4ccc(C(=O)N[C@H]5CCN(C)C5)cn4)C3C2)c1C. The first kappa shape index (κ1) is 24.6. The average molecular weight is 492 g/mol. The van der Waals surface area contributed by atoms with Gasteiger partial charge >= 0.3 is 0 Å². The summed E-state index contributed by atoms with van der Waals surface area (Å²) in [7, 11) is 3.70. The molecule has 1 saturated carbocycles. The van der Waals surface area contributed by atoms with Gasteiger partial charge in [0.15, 0.2) is 0 Å². The minimum Gasteiger partial charge on any atom is -0.496 e. The number of ether oxygens (including phenoxy) is 1. The summed E-state index contributed by atoms with van der Waals surface area (Å²) in [4.78, 5) is 35.0. The fraction of sp³-hybridized carbons (Fsp3) is 0.536. The number of hydrogen-bond donors (Lipinski definition) is 2. The maximum Gasteiger partial charge on any atom is 0.253 e. The third-order valence-corrected chi connectivity index (χ3v) is 8.15. The molecule has 36 heavy (non-hydrogen) atoms. The van der Waals surface area contributed by atoms with E-state index in [9.17, 15) is 9.59 Å². The van der Waals surface area contributed by atoms with Gasteiger partial charge in [-0.2, -0.15) is 0 Å². The lowest BCUT2D eigenvalue weighted by atomic mass is 9.92. The van der Waals surface area contributed by atoms with Gasteiger partial charge in [-0.25, -0.2) is 4.98 Å². The van der Waals surface area contributed by atoms with Crippen molar-refractivity contribution in [2.24, 2.45) is 5.92 Å². The number of piperidine rings is 1. The fourth-order valence-corrected chi connectivity index (χ4v) is 6.24. The lowest BCUT2D eigenvalue weighted by molar-refractivity contribution is 0.0928. The quantitative estimate of drug-likeness (QED) is 0.646. The number of likely N-dealkylation sites (N-methyl/N-ethyl adjacent to an activating group) is 1. The minimum atomic E-state index is -0.0534. The standard InChI is InChI=1S/C28H37N5O3/c1-18-23(7-4-8-25(18)36-3)28(35)31-22-14-19-6-5-12-33(24(19)15-22)26-10-9-20(16-29-26)27(34)30-21-11-13-32(2)17-21/h4,7-10,16,19,21-22,24H,5-6,11-15,17H2,1-3H3,(H,30,34)(H,31,35)/t19?,21-,22?,24?/m0/s1. The summed E-state index contributed by atoms with van der Waals surface area (Å²) >= 11 is 0. The average Bonchev–Trinajstić information content (AvgIpc) is 3.49. The highest BCUT2D eigenvalue weighted by molar-refractivity contribution is 5.96. The Hall–Kier alpha value is -3.13. The van der Waals surface area contributed by atoms with E-state index in [2.05, 4.69) is 27.5 Å². The largest absolute Gasteiger partial charge is 0.496 e. The van der Waals surface area contributed by atoms with Crippen molar-refractivity contribution in [2.45, 2.75) is 57.2 Å². The molecule has 3 fully saturated rings. The van der Waals surface area contributed by atoms with Crippen molar-refractivity contribution >= 4 is 17.6 Å². The van der Waals surface area contributed by atoms with E-state index in [0.29, 0.717) is 23.1 Å². The van der Waals surface area contributed by atoms with Crippen molar-refractivity contribution in [3.05, 3.63) is 53.2 Å². The van der Waals surface area contributed by atoms with Gasteiger partial charge in [0, 0.05) is 48.5 Å². The molecule has 2 amide bonds. The van der Waals surface area contributed by atoms with Crippen LogP contribution in [-0.2, 0) is 0 Å². The van der Waals surface area contributed by atoms with E-state index in [1.165, 1.54) is 6.42 Å². The molecule has 1 aromatic heterocycles. The van der Waals surface area contributed by atoms with Crippen LogP contribution in [-0.4, -0.2) is 73.6 Å². The molecular formula is C28H37N5O3. The third kappa shape index (κ3) is 5.05. The highest BCUT2D eigenvalue weighted by atomic mass is 16.5. The molecule has 5 rings (SSSR count). The second-order valence-corrected chi connectivity index (χ2v) is 10.6. The number of rotatable bonds is 6. The van der Waals surface area contributed by atoms with Gasteiger partial charge in [0.1, 0.15) is 11.6 Å². The Bertz CT molecular complexity index is 1100. The second kappa shape index (κ2) is 10.5. The van der Waals surface area contributed by atoms with Crippen molar-refractivity contribution < 1.29 is 14.3 Å². The number of hydrogen-bond acceptors (Lipinski definition) is 6. The number of anilines is 1. The molecule has 2 aromatic rings. The molecule has 3 aliphatic rings. The molecule has 1 aromatic carbocycles. The van der Waals surface area contributed by atoms with E-state index < -0.39 is 0 Å². The number of benzene rings is 1. The first-order chi connectivity index (χ1) is 17.4. The Kier molecular flexibility index (Phi) is 7.14. The Morgan fingerprint density at radius 3 is 2.58 bits per heavy atom. The summed E-state index contributed by atoms with van der Waals surface area (Å²) in [6, 6.07) is 10.1. The van der Waals surface area contributed by atoms with Crippen molar-refractivity contribution in [3.63, 3.8) is 0 Å². The Labute approximate surface area is 213 Å². The van der Waals surface area contributed by atoms with Gasteiger partial charge in [-0.1, -0.05) is 6.07 Å². The molecule has 1 aliphatic carbocycles. The van der Waals surface area contributed by atoms with Gasteiger partial charge in [0.2, 0.25) is 0 Å². The van der Waals surface area contributed by atoms with E-state index in [1.54, 1.807) is 13.3 Å². The number of carbonyl (C=O) groups excluding carboxylic acids is 2. The highest BCUT2D eigenvalue weighted by Gasteiger charge is 2.41. The van der Waals surface area contributed by atoms with Crippen LogP contribution in [0.25, 0.3) is 0 Å². The fourth-order valence-electron chi connectivity index (χ4n) is 6.24. The normalized spacial score (nSPS) is 25.9. The van der Waals surface area contributed by atoms with Crippen LogP contribution in [0.1, 0.15) is 58.4 Å². The Morgan fingerprint density at radius 2 is 1.86 bits per heavy atom. The molecule has 2 N–H and O–H groups in total. The molecule has 2 saturated heterocycles. The molecule has 3 unspecified atom stereocenters. The van der Waals surface area contributed by atoms with Gasteiger partial charge in [-0.3, -0.25) is 9.59 Å². The number of likely N-dealkylation sites (tertiary alicyclic amines) is 1. The molecule has 8 heteroatoms. The molecule has 0 spiro atoms. The number of carbonyl (C=O) groups is 2. The molecule has 0 bridgehead atoms. The predicted octanol–water partition coefficient (Wildman–Crippen LogP) is 3.01. The summed E-state index contributed by atoms with van der Waals surface area (Å²) in [5.74, 6) is 2.08. The van der Waals surface area contributed by atoms with Crippen molar-refractivity contribution in [3.8, 4) is 5.75 Å². The number of nitrogens with one attached hydrogen (secondary N) is 2. The molecule has 8 nitrogen and oxygen atoms in total. The van der Waals surface area contributed by atoms with E-state index in [0.717, 1.165) is 62.4 Å². The summed E-state index contributed by atoms with van der Waals surface area (Å²) in [6.45, 7) is 4.78. The summed E-state index contributed by atoms with van der Waals surface area (Å²) in [6.07, 6.45) is 6.84. The number of aromatic nitrogens is 1. The molecule has 4 atom stereocenters.